The number of rotatable bonds is 5. The van der Waals surface area contributed by atoms with Gasteiger partial charge in [-0.15, -0.1) is 0 Å². The maximum absolute atomic E-state index is 12.9. The van der Waals surface area contributed by atoms with Gasteiger partial charge in [0.2, 0.25) is 11.8 Å². The first-order valence-corrected chi connectivity index (χ1v) is 8.95. The Balaban J connectivity index is 1.65. The van der Waals surface area contributed by atoms with Crippen molar-refractivity contribution in [3.05, 3.63) is 30.2 Å². The Kier molecular flexibility index (Phi) is 5.07. The minimum atomic E-state index is -0.200. The molecule has 1 fully saturated rings. The van der Waals surface area contributed by atoms with Crippen LogP contribution in [-0.2, 0) is 9.59 Å². The van der Waals surface area contributed by atoms with Gasteiger partial charge in [0.1, 0.15) is 5.76 Å². The molecule has 5 heteroatoms. The van der Waals surface area contributed by atoms with Crippen molar-refractivity contribution in [1.29, 1.82) is 0 Å². The zero-order valence-electron chi connectivity index (χ0n) is 14.5. The number of likely N-dealkylation sites (tertiary alicyclic amines) is 1. The molecule has 2 amide bonds. The number of carbonyl (C=O) groups is 2. The third-order valence-corrected chi connectivity index (χ3v) is 5.19. The van der Waals surface area contributed by atoms with Crippen molar-refractivity contribution in [2.24, 2.45) is 5.92 Å². The Morgan fingerprint density at radius 3 is 2.83 bits per heavy atom. The van der Waals surface area contributed by atoms with Crippen LogP contribution >= 0.6 is 0 Å². The van der Waals surface area contributed by atoms with Crippen LogP contribution in [0.3, 0.4) is 0 Å². The lowest BCUT2D eigenvalue weighted by atomic mass is 10.0. The molecule has 5 nitrogen and oxygen atoms in total. The highest BCUT2D eigenvalue weighted by Crippen LogP contribution is 2.27. The van der Waals surface area contributed by atoms with Gasteiger partial charge < -0.3 is 14.2 Å². The van der Waals surface area contributed by atoms with E-state index in [0.717, 1.165) is 37.1 Å². The predicted octanol–water partition coefficient (Wildman–Crippen LogP) is 2.93. The van der Waals surface area contributed by atoms with Gasteiger partial charge in [0, 0.05) is 37.7 Å². The fourth-order valence-electron chi connectivity index (χ4n) is 3.81. The molecule has 0 radical (unpaired) electrons. The largest absolute Gasteiger partial charge is 0.465 e. The van der Waals surface area contributed by atoms with E-state index >= 15 is 0 Å². The first-order valence-electron chi connectivity index (χ1n) is 8.95. The Labute approximate surface area is 143 Å². The normalized spacial score (nSPS) is 21.5. The summed E-state index contributed by atoms with van der Waals surface area (Å²) >= 11 is 0. The lowest BCUT2D eigenvalue weighted by Gasteiger charge is -2.30. The first kappa shape index (κ1) is 16.8. The third-order valence-electron chi connectivity index (χ3n) is 5.19. The fraction of sp³-hybridized carbons (Fsp3) is 0.579. The van der Waals surface area contributed by atoms with Crippen LogP contribution in [0.4, 0.5) is 0 Å². The van der Waals surface area contributed by atoms with E-state index in [-0.39, 0.29) is 23.8 Å². The molecular formula is C19H26N2O3. The van der Waals surface area contributed by atoms with E-state index < -0.39 is 0 Å². The van der Waals surface area contributed by atoms with E-state index in [9.17, 15) is 9.59 Å². The monoisotopic (exact) mass is 330 g/mol. The molecule has 0 bridgehead atoms. The number of furan rings is 1. The van der Waals surface area contributed by atoms with Crippen LogP contribution in [-0.4, -0.2) is 47.3 Å². The lowest BCUT2D eigenvalue weighted by molar-refractivity contribution is -0.135. The van der Waals surface area contributed by atoms with Gasteiger partial charge in [-0.1, -0.05) is 19.9 Å². The van der Waals surface area contributed by atoms with Crippen molar-refractivity contribution in [1.82, 2.24) is 9.80 Å². The molecule has 1 atom stereocenters. The number of nitrogens with zero attached hydrogens (tertiary/aromatic N) is 2. The molecule has 2 aliphatic heterocycles. The van der Waals surface area contributed by atoms with Gasteiger partial charge in [0.25, 0.3) is 0 Å². The van der Waals surface area contributed by atoms with Crippen molar-refractivity contribution in [3.63, 3.8) is 0 Å². The van der Waals surface area contributed by atoms with Gasteiger partial charge in [-0.3, -0.25) is 9.59 Å². The van der Waals surface area contributed by atoms with E-state index in [4.69, 9.17) is 4.42 Å². The Morgan fingerprint density at radius 1 is 1.38 bits per heavy atom. The van der Waals surface area contributed by atoms with Crippen molar-refractivity contribution < 1.29 is 14.0 Å². The molecule has 130 valence electrons. The second-order valence-electron chi connectivity index (χ2n) is 6.67. The predicted molar refractivity (Wildman–Crippen MR) is 92.1 cm³/mol. The summed E-state index contributed by atoms with van der Waals surface area (Å²) < 4.78 is 5.45. The van der Waals surface area contributed by atoms with E-state index in [1.165, 1.54) is 0 Å². The van der Waals surface area contributed by atoms with Crippen molar-refractivity contribution in [2.75, 3.05) is 19.6 Å². The average molecular weight is 330 g/mol. The topological polar surface area (TPSA) is 53.8 Å². The van der Waals surface area contributed by atoms with Crippen LogP contribution in [0.1, 0.15) is 45.3 Å². The van der Waals surface area contributed by atoms with Crippen LogP contribution in [0.25, 0.3) is 5.57 Å². The maximum atomic E-state index is 12.9. The molecule has 1 aromatic heterocycles. The molecule has 3 rings (SSSR count). The van der Waals surface area contributed by atoms with Crippen LogP contribution in [0.2, 0.25) is 0 Å². The van der Waals surface area contributed by atoms with Crippen molar-refractivity contribution >= 4 is 17.4 Å². The highest BCUT2D eigenvalue weighted by molar-refractivity contribution is 5.90. The van der Waals surface area contributed by atoms with Crippen LogP contribution < -0.4 is 0 Å². The molecule has 0 saturated carbocycles. The summed E-state index contributed by atoms with van der Waals surface area (Å²) in [5.41, 5.74) is 1.06. The molecule has 1 aromatic rings. The molecule has 0 N–H and O–H groups in total. The third kappa shape index (κ3) is 3.25. The zero-order valence-corrected chi connectivity index (χ0v) is 14.5. The van der Waals surface area contributed by atoms with Crippen molar-refractivity contribution in [2.45, 2.75) is 45.6 Å². The van der Waals surface area contributed by atoms with Crippen LogP contribution in [0.15, 0.2) is 28.9 Å². The van der Waals surface area contributed by atoms with Crippen LogP contribution in [0, 0.1) is 5.92 Å². The molecule has 0 spiro atoms. The maximum Gasteiger partial charge on any atom is 0.228 e. The minimum absolute atomic E-state index is 0.106. The van der Waals surface area contributed by atoms with E-state index in [0.29, 0.717) is 19.5 Å². The van der Waals surface area contributed by atoms with Gasteiger partial charge in [-0.05, 0) is 31.4 Å². The molecule has 0 aromatic carbocycles. The lowest BCUT2D eigenvalue weighted by Crippen LogP contribution is -2.41. The summed E-state index contributed by atoms with van der Waals surface area (Å²) in [5, 5.41) is 0. The number of hydrogen-bond donors (Lipinski definition) is 0. The van der Waals surface area contributed by atoms with Gasteiger partial charge in [-0.2, -0.15) is 0 Å². The summed E-state index contributed by atoms with van der Waals surface area (Å²) in [6, 6.07) is 4.05. The molecule has 1 unspecified atom stereocenters. The molecule has 3 heterocycles. The summed E-state index contributed by atoms with van der Waals surface area (Å²) in [5.74, 6) is 0.859. The van der Waals surface area contributed by atoms with Gasteiger partial charge in [0.15, 0.2) is 0 Å². The number of hydrogen-bond acceptors (Lipinski definition) is 3. The average Bonchev–Trinajstić information content (AvgIpc) is 3.26. The second-order valence-corrected chi connectivity index (χ2v) is 6.67. The molecule has 24 heavy (non-hydrogen) atoms. The summed E-state index contributed by atoms with van der Waals surface area (Å²) in [6.45, 7) is 6.06. The summed E-state index contributed by atoms with van der Waals surface area (Å²) in [7, 11) is 0. The quantitative estimate of drug-likeness (QED) is 0.834. The SMILES string of the molecule is CCC(CC)N1CC(C(=O)N2CCC=C(c3ccco3)C2)CC1=O. The zero-order chi connectivity index (χ0) is 17.1. The van der Waals surface area contributed by atoms with Gasteiger partial charge in [0.05, 0.1) is 12.2 Å². The van der Waals surface area contributed by atoms with Crippen LogP contribution in [0.5, 0.6) is 0 Å². The highest BCUT2D eigenvalue weighted by atomic mass is 16.3. The molecule has 0 aliphatic carbocycles. The minimum Gasteiger partial charge on any atom is -0.465 e. The smallest absolute Gasteiger partial charge is 0.228 e. The van der Waals surface area contributed by atoms with Crippen molar-refractivity contribution in [3.8, 4) is 0 Å². The standard InChI is InChI=1S/C19H26N2O3/c1-3-16(4-2)21-13-15(11-18(21)22)19(23)20-9-5-7-14(12-20)17-8-6-10-24-17/h6-8,10,15-16H,3-5,9,11-13H2,1-2H3. The molecule has 2 aliphatic rings. The highest BCUT2D eigenvalue weighted by Gasteiger charge is 2.39. The first-order chi connectivity index (χ1) is 11.6. The van der Waals surface area contributed by atoms with E-state index in [2.05, 4.69) is 19.9 Å². The Morgan fingerprint density at radius 2 is 2.17 bits per heavy atom. The Bertz CT molecular complexity index is 617. The molecule has 1 saturated heterocycles. The van der Waals surface area contributed by atoms with Gasteiger partial charge >= 0.3 is 0 Å². The summed E-state index contributed by atoms with van der Waals surface area (Å²) in [6.07, 6.45) is 6.86. The number of carbonyl (C=O) groups excluding carboxylic acids is 2. The second kappa shape index (κ2) is 7.24. The number of amides is 2. The van der Waals surface area contributed by atoms with Gasteiger partial charge in [-0.25, -0.2) is 0 Å². The van der Waals surface area contributed by atoms with E-state index in [1.807, 2.05) is 21.9 Å². The van der Waals surface area contributed by atoms with E-state index in [1.54, 1.807) is 6.26 Å². The summed E-state index contributed by atoms with van der Waals surface area (Å²) in [4.78, 5) is 29.0. The molecular weight excluding hydrogens is 304 g/mol. The Hall–Kier alpha value is -2.04. The fourth-order valence-corrected chi connectivity index (χ4v) is 3.81.